The molecule has 4 aromatic heterocycles. The first-order valence-electron chi connectivity index (χ1n) is 20.6. The van der Waals surface area contributed by atoms with E-state index in [1.807, 2.05) is 60.1 Å². The first-order valence-corrected chi connectivity index (χ1v) is 23.0. The number of ether oxygens (including phenoxy) is 4. The van der Waals surface area contributed by atoms with Crippen LogP contribution in [0.15, 0.2) is 89.9 Å². The number of piperidine rings is 2. The van der Waals surface area contributed by atoms with E-state index in [1.54, 1.807) is 43.8 Å². The van der Waals surface area contributed by atoms with Crippen molar-refractivity contribution in [3.8, 4) is 33.4 Å². The lowest BCUT2D eigenvalue weighted by Gasteiger charge is -2.27. The molecule has 0 saturated carbocycles. The van der Waals surface area contributed by atoms with Crippen LogP contribution >= 0.6 is 38.6 Å². The van der Waals surface area contributed by atoms with Gasteiger partial charge in [0.1, 0.15) is 30.9 Å². The van der Waals surface area contributed by atoms with Gasteiger partial charge in [0.2, 0.25) is 11.5 Å². The fourth-order valence-corrected chi connectivity index (χ4v) is 9.24. The molecule has 0 aliphatic carbocycles. The highest BCUT2D eigenvalue weighted by molar-refractivity contribution is 9.10. The molecule has 0 N–H and O–H groups in total. The number of likely N-dealkylation sites (tertiary alicyclic amines) is 2. The average molecular weight is 976 g/mol. The average Bonchev–Trinajstić information content (AvgIpc) is 3.99. The second-order valence-electron chi connectivity index (χ2n) is 15.3. The minimum atomic E-state index is -0.574. The summed E-state index contributed by atoms with van der Waals surface area (Å²) >= 11 is 6.70. The molecule has 0 spiro atoms. The molecule has 0 unspecified atom stereocenters. The molecule has 0 amide bonds. The Bertz CT molecular complexity index is 2440. The lowest BCUT2D eigenvalue weighted by atomic mass is 9.98. The maximum absolute atomic E-state index is 11.4. The van der Waals surface area contributed by atoms with Crippen molar-refractivity contribution in [1.29, 1.82) is 0 Å². The van der Waals surface area contributed by atoms with Crippen molar-refractivity contribution in [2.45, 2.75) is 57.7 Å². The molecule has 2 fully saturated rings. The monoisotopic (exact) mass is 974 g/mol. The third-order valence-corrected chi connectivity index (χ3v) is 13.4. The lowest BCUT2D eigenvalue weighted by molar-refractivity contribution is -0.390. The maximum Gasteiger partial charge on any atom is 0.406 e. The van der Waals surface area contributed by atoms with Gasteiger partial charge in [-0.2, -0.15) is 0 Å². The number of halogens is 1. The summed E-state index contributed by atoms with van der Waals surface area (Å²) in [6, 6.07) is 17.8. The van der Waals surface area contributed by atoms with Gasteiger partial charge in [0.15, 0.2) is 6.20 Å². The number of nitrogens with zero attached hydrogens (tertiary/aromatic N) is 8. The molecule has 2 saturated heterocycles. The first kappa shape index (κ1) is 47.9. The topological polar surface area (TPSA) is 181 Å². The summed E-state index contributed by atoms with van der Waals surface area (Å²) in [6.45, 7) is 7.13. The number of hydrogen-bond donors (Lipinski definition) is 0. The molecule has 338 valence electrons. The smallest absolute Gasteiger partial charge is 0.406 e. The van der Waals surface area contributed by atoms with E-state index in [2.05, 4.69) is 66.7 Å². The molecule has 0 bridgehead atoms. The first-order chi connectivity index (χ1) is 30.9. The van der Waals surface area contributed by atoms with Crippen molar-refractivity contribution in [3.63, 3.8) is 0 Å². The van der Waals surface area contributed by atoms with Crippen molar-refractivity contribution in [1.82, 2.24) is 29.7 Å². The zero-order chi connectivity index (χ0) is 45.6. The summed E-state index contributed by atoms with van der Waals surface area (Å²) in [6.07, 6.45) is 11.5. The molecule has 16 nitrogen and oxygen atoms in total. The molecular weight excluding hydrogens is 925 g/mol. The molecule has 2 aliphatic rings. The number of rotatable bonds is 13. The van der Waals surface area contributed by atoms with Crippen LogP contribution in [0.25, 0.3) is 10.4 Å². The van der Waals surface area contributed by atoms with Crippen LogP contribution in [0.1, 0.15) is 63.5 Å². The van der Waals surface area contributed by atoms with Crippen molar-refractivity contribution in [2.24, 2.45) is 0 Å². The van der Waals surface area contributed by atoms with Crippen LogP contribution in [-0.4, -0.2) is 94.1 Å². The number of hydrogen-bond acceptors (Lipinski definition) is 16. The predicted molar refractivity (Wildman–Crippen MR) is 251 cm³/mol. The van der Waals surface area contributed by atoms with Crippen LogP contribution in [0.3, 0.4) is 0 Å². The second-order valence-corrected chi connectivity index (χ2v) is 18.6. The molecule has 19 heteroatoms. The molecule has 8 rings (SSSR count). The van der Waals surface area contributed by atoms with E-state index in [9.17, 15) is 20.2 Å². The normalized spacial score (nSPS) is 14.7. The van der Waals surface area contributed by atoms with E-state index in [-0.39, 0.29) is 36.3 Å². The van der Waals surface area contributed by atoms with E-state index < -0.39 is 9.85 Å². The van der Waals surface area contributed by atoms with Crippen LogP contribution < -0.4 is 18.9 Å². The molecule has 0 radical (unpaired) electrons. The zero-order valence-electron chi connectivity index (χ0n) is 36.3. The van der Waals surface area contributed by atoms with Crippen molar-refractivity contribution >= 4 is 50.2 Å². The van der Waals surface area contributed by atoms with E-state index in [1.165, 1.54) is 54.3 Å². The fourth-order valence-electron chi connectivity index (χ4n) is 6.92. The Labute approximate surface area is 388 Å². The van der Waals surface area contributed by atoms with Gasteiger partial charge in [0, 0.05) is 46.8 Å². The highest BCUT2D eigenvalue weighted by Crippen LogP contribution is 2.38. The van der Waals surface area contributed by atoms with Crippen LogP contribution in [0.4, 0.5) is 11.6 Å². The highest BCUT2D eigenvalue weighted by Gasteiger charge is 2.24. The van der Waals surface area contributed by atoms with Crippen LogP contribution in [0, 0.1) is 27.2 Å². The summed E-state index contributed by atoms with van der Waals surface area (Å²) in [4.78, 5) is 45.1. The minimum absolute atomic E-state index is 0.125. The Hall–Kier alpha value is -5.60. The van der Waals surface area contributed by atoms with Crippen molar-refractivity contribution in [2.75, 3.05) is 54.5 Å². The van der Waals surface area contributed by atoms with Gasteiger partial charge in [-0.05, 0) is 144 Å². The van der Waals surface area contributed by atoms with Crippen LogP contribution in [0.5, 0.6) is 23.0 Å². The minimum Gasteiger partial charge on any atom is -0.497 e. The van der Waals surface area contributed by atoms with Gasteiger partial charge >= 0.3 is 11.6 Å². The van der Waals surface area contributed by atoms with Gasteiger partial charge in [-0.1, -0.05) is 24.3 Å². The number of methoxy groups -OCH3 is 2. The van der Waals surface area contributed by atoms with Gasteiger partial charge in [-0.25, -0.2) is 9.97 Å². The molecule has 6 aromatic rings. The number of aryl methyl sites for hydroxylation is 1. The second kappa shape index (κ2) is 23.4. The van der Waals surface area contributed by atoms with Gasteiger partial charge in [-0.3, -0.25) is 0 Å². The van der Waals surface area contributed by atoms with Crippen molar-refractivity contribution < 1.29 is 28.8 Å². The van der Waals surface area contributed by atoms with Crippen LogP contribution in [0.2, 0.25) is 0 Å². The molecule has 0 atom stereocenters. The Morgan fingerprint density at radius 1 is 0.656 bits per heavy atom. The standard InChI is InChI=1S/C22H24N4O4S.C13H11BrN2O4.C10H16N2S/c1-25-9-7-16(8-10-25)22-24-13-20(31-22)17-11-19(21(23-12-17)26(27)28)30-14-15-3-5-18(29-2)6-4-15;1-19-11-4-2-9(3-5-11)8-20-12-6-10(14)7-15-13(12)16(17)18;1-8-7-11-10(13-8)9-3-5-12(2)6-4-9/h3-6,11-13,16H,7-10,14H2,1-2H3;2-7H,8H2,1H3;7,9H,3-6H2,1-2H3. The van der Waals surface area contributed by atoms with Gasteiger partial charge in [0.25, 0.3) is 0 Å². The third-order valence-electron chi connectivity index (χ3n) is 10.7. The summed E-state index contributed by atoms with van der Waals surface area (Å²) in [5.74, 6) is 2.35. The largest absolute Gasteiger partial charge is 0.497 e. The van der Waals surface area contributed by atoms with E-state index in [4.69, 9.17) is 18.9 Å². The Morgan fingerprint density at radius 2 is 1.11 bits per heavy atom. The SMILES string of the molecule is COc1ccc(COc2cc(-c3cnc(C4CCN(C)CC4)s3)cnc2[N+](=O)[O-])cc1.COc1ccc(COc2cc(Br)cnc2[N+](=O)[O-])cc1.Cc1cnc(C2CCN(C)CC2)s1. The zero-order valence-corrected chi connectivity index (χ0v) is 39.6. The van der Waals surface area contributed by atoms with E-state index in [0.717, 1.165) is 69.9 Å². The number of nitro groups is 2. The molecule has 64 heavy (non-hydrogen) atoms. The van der Waals surface area contributed by atoms with Crippen molar-refractivity contribution in [3.05, 3.63) is 136 Å². The number of thiazole rings is 2. The molecule has 2 aromatic carbocycles. The fraction of sp³-hybridized carbons (Fsp3) is 0.378. The molecule has 2 aliphatic heterocycles. The number of aromatic nitrogens is 4. The Balaban J connectivity index is 0.000000176. The summed E-state index contributed by atoms with van der Waals surface area (Å²) in [7, 11) is 7.52. The quantitative estimate of drug-likeness (QED) is 0.0787. The summed E-state index contributed by atoms with van der Waals surface area (Å²) in [5.41, 5.74) is 2.52. The molecular formula is C45H51BrN8O8S2. The van der Waals surface area contributed by atoms with Gasteiger partial charge < -0.3 is 49.0 Å². The van der Waals surface area contributed by atoms with E-state index in [0.29, 0.717) is 10.4 Å². The summed E-state index contributed by atoms with van der Waals surface area (Å²) < 4.78 is 22.1. The van der Waals surface area contributed by atoms with Gasteiger partial charge in [-0.15, -0.1) is 22.7 Å². The van der Waals surface area contributed by atoms with Gasteiger partial charge in [0.05, 0.1) is 33.6 Å². The summed E-state index contributed by atoms with van der Waals surface area (Å²) in [5, 5.41) is 24.8. The number of pyridine rings is 2. The number of benzene rings is 2. The predicted octanol–water partition coefficient (Wildman–Crippen LogP) is 10.1. The van der Waals surface area contributed by atoms with Crippen LogP contribution in [-0.2, 0) is 13.2 Å². The maximum atomic E-state index is 11.4. The Morgan fingerprint density at radius 3 is 1.56 bits per heavy atom. The lowest BCUT2D eigenvalue weighted by Crippen LogP contribution is -2.29. The Kier molecular flexibility index (Phi) is 17.5. The van der Waals surface area contributed by atoms with E-state index >= 15 is 0 Å². The third kappa shape index (κ3) is 13.7. The highest BCUT2D eigenvalue weighted by atomic mass is 79.9. The molecule has 6 heterocycles.